The monoisotopic (exact) mass is 197 g/mol. The first-order chi connectivity index (χ1) is 6.49. The molecule has 0 bridgehead atoms. The summed E-state index contributed by atoms with van der Waals surface area (Å²) in [6.07, 6.45) is 3.57. The fourth-order valence-corrected chi connectivity index (χ4v) is 1.48. The summed E-state index contributed by atoms with van der Waals surface area (Å²) in [6, 6.07) is 0.542. The van der Waals surface area contributed by atoms with Crippen molar-refractivity contribution in [1.29, 1.82) is 0 Å². The van der Waals surface area contributed by atoms with Crippen LogP contribution in [0.15, 0.2) is 11.6 Å². The number of hydrogen-bond acceptors (Lipinski definition) is 1. The van der Waals surface area contributed by atoms with Crippen molar-refractivity contribution in [3.63, 3.8) is 0 Å². The van der Waals surface area contributed by atoms with Crippen molar-refractivity contribution in [1.82, 2.24) is 5.32 Å². The van der Waals surface area contributed by atoms with Gasteiger partial charge < -0.3 is 5.32 Å². The Bertz CT molecular complexity index is 166. The smallest absolute Gasteiger partial charge is 0.0280 e. The number of allylic oxidation sites excluding steroid dienone is 1. The van der Waals surface area contributed by atoms with Crippen LogP contribution in [0.25, 0.3) is 0 Å². The number of rotatable bonds is 6. The first-order valence-electron chi connectivity index (χ1n) is 5.87. The van der Waals surface area contributed by atoms with E-state index in [9.17, 15) is 0 Å². The Kier molecular flexibility index (Phi) is 6.90. The molecule has 0 saturated heterocycles. The topological polar surface area (TPSA) is 12.0 Å². The van der Waals surface area contributed by atoms with E-state index in [4.69, 9.17) is 0 Å². The van der Waals surface area contributed by atoms with E-state index in [0.717, 1.165) is 12.5 Å². The van der Waals surface area contributed by atoms with Crippen molar-refractivity contribution in [3.05, 3.63) is 11.6 Å². The maximum Gasteiger partial charge on any atom is 0.0280 e. The molecule has 0 fully saturated rings. The zero-order valence-corrected chi connectivity index (χ0v) is 10.7. The lowest BCUT2D eigenvalue weighted by molar-refractivity contribution is 0.338. The third-order valence-electron chi connectivity index (χ3n) is 2.76. The van der Waals surface area contributed by atoms with Gasteiger partial charge in [-0.05, 0) is 38.6 Å². The Morgan fingerprint density at radius 2 is 1.79 bits per heavy atom. The van der Waals surface area contributed by atoms with Crippen molar-refractivity contribution in [2.75, 3.05) is 6.54 Å². The predicted octanol–water partition coefficient (Wildman–Crippen LogP) is 3.61. The van der Waals surface area contributed by atoms with Gasteiger partial charge in [0, 0.05) is 6.04 Å². The van der Waals surface area contributed by atoms with Gasteiger partial charge in [0.05, 0.1) is 0 Å². The van der Waals surface area contributed by atoms with Gasteiger partial charge in [-0.2, -0.15) is 0 Å². The second-order valence-electron chi connectivity index (χ2n) is 4.83. The van der Waals surface area contributed by atoms with Crippen LogP contribution < -0.4 is 5.32 Å². The highest BCUT2D eigenvalue weighted by Gasteiger charge is 2.16. The highest BCUT2D eigenvalue weighted by Crippen LogP contribution is 2.16. The maximum absolute atomic E-state index is 3.61. The summed E-state index contributed by atoms with van der Waals surface area (Å²) in [5, 5.41) is 3.61. The first kappa shape index (κ1) is 13.7. The lowest BCUT2D eigenvalue weighted by atomic mass is 9.89. The summed E-state index contributed by atoms with van der Waals surface area (Å²) in [6.45, 7) is 14.6. The van der Waals surface area contributed by atoms with Crippen LogP contribution in [0.4, 0.5) is 0 Å². The third kappa shape index (κ3) is 5.43. The Hall–Kier alpha value is -0.300. The van der Waals surface area contributed by atoms with E-state index in [2.05, 4.69) is 52.9 Å². The Balaban J connectivity index is 4.30. The van der Waals surface area contributed by atoms with E-state index in [1.54, 1.807) is 0 Å². The van der Waals surface area contributed by atoms with Crippen LogP contribution in [-0.2, 0) is 0 Å². The minimum Gasteiger partial charge on any atom is -0.310 e. The molecule has 0 aliphatic carbocycles. The quantitative estimate of drug-likeness (QED) is 0.641. The SMILES string of the molecule is CCCNC(C=C(C)C)C(C)C(C)C. The van der Waals surface area contributed by atoms with Crippen LogP contribution in [0.5, 0.6) is 0 Å². The molecule has 1 heteroatoms. The average molecular weight is 197 g/mol. The van der Waals surface area contributed by atoms with E-state index < -0.39 is 0 Å². The minimum absolute atomic E-state index is 0.542. The van der Waals surface area contributed by atoms with Gasteiger partial charge in [-0.3, -0.25) is 0 Å². The zero-order chi connectivity index (χ0) is 11.1. The lowest BCUT2D eigenvalue weighted by Crippen LogP contribution is -2.36. The third-order valence-corrected chi connectivity index (χ3v) is 2.76. The molecule has 0 aliphatic rings. The maximum atomic E-state index is 3.61. The van der Waals surface area contributed by atoms with Gasteiger partial charge in [0.25, 0.3) is 0 Å². The Morgan fingerprint density at radius 1 is 1.21 bits per heavy atom. The van der Waals surface area contributed by atoms with E-state index in [1.807, 2.05) is 0 Å². The van der Waals surface area contributed by atoms with Crippen LogP contribution >= 0.6 is 0 Å². The summed E-state index contributed by atoms with van der Waals surface area (Å²) in [5.74, 6) is 1.44. The fraction of sp³-hybridized carbons (Fsp3) is 0.846. The van der Waals surface area contributed by atoms with Crippen molar-refractivity contribution < 1.29 is 0 Å². The molecule has 0 aromatic heterocycles. The molecule has 0 amide bonds. The number of hydrogen-bond donors (Lipinski definition) is 1. The molecule has 2 unspecified atom stereocenters. The summed E-state index contributed by atoms with van der Waals surface area (Å²) in [4.78, 5) is 0. The summed E-state index contributed by atoms with van der Waals surface area (Å²) >= 11 is 0. The molecule has 0 aliphatic heterocycles. The van der Waals surface area contributed by atoms with Crippen LogP contribution in [0.1, 0.15) is 48.0 Å². The summed E-state index contributed by atoms with van der Waals surface area (Å²) < 4.78 is 0. The fourth-order valence-electron chi connectivity index (χ4n) is 1.48. The lowest BCUT2D eigenvalue weighted by Gasteiger charge is -2.26. The minimum atomic E-state index is 0.542. The molecule has 0 spiro atoms. The molecule has 0 aromatic carbocycles. The largest absolute Gasteiger partial charge is 0.310 e. The molecule has 14 heavy (non-hydrogen) atoms. The summed E-state index contributed by atoms with van der Waals surface area (Å²) in [7, 11) is 0. The second kappa shape index (κ2) is 7.05. The highest BCUT2D eigenvalue weighted by molar-refractivity contribution is 5.03. The van der Waals surface area contributed by atoms with Gasteiger partial charge in [-0.15, -0.1) is 0 Å². The predicted molar refractivity (Wildman–Crippen MR) is 65.5 cm³/mol. The van der Waals surface area contributed by atoms with Crippen molar-refractivity contribution in [3.8, 4) is 0 Å². The van der Waals surface area contributed by atoms with Gasteiger partial charge in [0.15, 0.2) is 0 Å². The molecule has 84 valence electrons. The van der Waals surface area contributed by atoms with Crippen molar-refractivity contribution in [2.24, 2.45) is 11.8 Å². The van der Waals surface area contributed by atoms with Crippen molar-refractivity contribution in [2.45, 2.75) is 54.0 Å². The molecular weight excluding hydrogens is 170 g/mol. The first-order valence-corrected chi connectivity index (χ1v) is 5.87. The van der Waals surface area contributed by atoms with Gasteiger partial charge in [0.2, 0.25) is 0 Å². The van der Waals surface area contributed by atoms with Crippen LogP contribution in [0, 0.1) is 11.8 Å². The van der Waals surface area contributed by atoms with Crippen LogP contribution in [-0.4, -0.2) is 12.6 Å². The Labute approximate surface area is 90.0 Å². The van der Waals surface area contributed by atoms with Crippen molar-refractivity contribution >= 4 is 0 Å². The molecule has 0 rings (SSSR count). The second-order valence-corrected chi connectivity index (χ2v) is 4.83. The molecular formula is C13H27N. The Morgan fingerprint density at radius 3 is 2.14 bits per heavy atom. The molecule has 0 heterocycles. The molecule has 0 aromatic rings. The highest BCUT2D eigenvalue weighted by atomic mass is 14.9. The zero-order valence-electron chi connectivity index (χ0n) is 10.7. The summed E-state index contributed by atoms with van der Waals surface area (Å²) in [5.41, 5.74) is 1.41. The molecule has 1 nitrogen and oxygen atoms in total. The average Bonchev–Trinajstić information content (AvgIpc) is 2.10. The molecule has 0 saturated carbocycles. The van der Waals surface area contributed by atoms with E-state index in [0.29, 0.717) is 12.0 Å². The van der Waals surface area contributed by atoms with Gasteiger partial charge in [-0.25, -0.2) is 0 Å². The van der Waals surface area contributed by atoms with Gasteiger partial charge in [0.1, 0.15) is 0 Å². The van der Waals surface area contributed by atoms with Crippen LogP contribution in [0.3, 0.4) is 0 Å². The van der Waals surface area contributed by atoms with Gasteiger partial charge >= 0.3 is 0 Å². The number of nitrogens with one attached hydrogen (secondary N) is 1. The normalized spacial score (nSPS) is 15.4. The molecule has 0 radical (unpaired) electrons. The molecule has 1 N–H and O–H groups in total. The van der Waals surface area contributed by atoms with Gasteiger partial charge in [-0.1, -0.05) is 39.3 Å². The standard InChI is InChI=1S/C13H27N/c1-7-8-14-13(9-10(2)3)12(6)11(4)5/h9,11-14H,7-8H2,1-6H3. The molecule has 2 atom stereocenters. The van der Waals surface area contributed by atoms with E-state index in [-0.39, 0.29) is 0 Å². The van der Waals surface area contributed by atoms with E-state index in [1.165, 1.54) is 12.0 Å². The van der Waals surface area contributed by atoms with Crippen LogP contribution in [0.2, 0.25) is 0 Å². The van der Waals surface area contributed by atoms with E-state index >= 15 is 0 Å².